The summed E-state index contributed by atoms with van der Waals surface area (Å²) in [5.74, 6) is -2.39. The summed E-state index contributed by atoms with van der Waals surface area (Å²) in [6.07, 6.45) is -4.11. The van der Waals surface area contributed by atoms with Crippen LogP contribution in [0.3, 0.4) is 0 Å². The zero-order valence-corrected chi connectivity index (χ0v) is 13.6. The van der Waals surface area contributed by atoms with Gasteiger partial charge in [-0.1, -0.05) is 23.7 Å². The molecule has 0 saturated heterocycles. The van der Waals surface area contributed by atoms with Crippen molar-refractivity contribution in [3.05, 3.63) is 58.2 Å². The van der Waals surface area contributed by atoms with Gasteiger partial charge in [0.1, 0.15) is 6.54 Å². The number of imide groups is 1. The summed E-state index contributed by atoms with van der Waals surface area (Å²) >= 11 is 5.70. The van der Waals surface area contributed by atoms with Crippen molar-refractivity contribution in [1.29, 1.82) is 0 Å². The van der Waals surface area contributed by atoms with Gasteiger partial charge in [0.2, 0.25) is 5.91 Å². The number of hydrogen-bond acceptors (Lipinski definition) is 4. The van der Waals surface area contributed by atoms with Gasteiger partial charge < -0.3 is 5.32 Å². The van der Waals surface area contributed by atoms with Gasteiger partial charge in [-0.3, -0.25) is 19.3 Å². The number of nitrogens with one attached hydrogen (secondary N) is 1. The fourth-order valence-electron chi connectivity index (χ4n) is 2.38. The summed E-state index contributed by atoms with van der Waals surface area (Å²) < 4.78 is 37.7. The molecule has 0 spiro atoms. The highest BCUT2D eigenvalue weighted by Crippen LogP contribution is 2.32. The predicted molar refractivity (Wildman–Crippen MR) is 84.7 cm³/mol. The molecule has 1 aromatic carbocycles. The number of amides is 3. The first-order valence-corrected chi connectivity index (χ1v) is 7.54. The van der Waals surface area contributed by atoms with Crippen molar-refractivity contribution in [2.75, 3.05) is 11.9 Å². The molecule has 26 heavy (non-hydrogen) atoms. The lowest BCUT2D eigenvalue weighted by molar-refractivity contribution is -0.137. The summed E-state index contributed by atoms with van der Waals surface area (Å²) in [6, 6.07) is 6.70. The number of hydrogen-bond donors (Lipinski definition) is 1. The molecule has 0 saturated carbocycles. The second kappa shape index (κ2) is 6.41. The standard InChI is InChI=1S/C16H9ClF3N3O3/c17-11-5-8(16(18,19)20)6-21-13(11)22-12(24)7-23-14(25)9-3-1-2-4-10(9)15(23)26/h1-6H,7H2,(H,21,22,24). The molecule has 0 atom stereocenters. The van der Waals surface area contributed by atoms with Crippen LogP contribution in [0, 0.1) is 0 Å². The van der Waals surface area contributed by atoms with Crippen molar-refractivity contribution in [2.24, 2.45) is 0 Å². The van der Waals surface area contributed by atoms with E-state index in [0.717, 1.165) is 4.90 Å². The van der Waals surface area contributed by atoms with Crippen molar-refractivity contribution in [1.82, 2.24) is 9.88 Å². The summed E-state index contributed by atoms with van der Waals surface area (Å²) in [5, 5.41) is 1.77. The van der Waals surface area contributed by atoms with E-state index in [9.17, 15) is 27.6 Å². The van der Waals surface area contributed by atoms with Crippen LogP contribution in [0.2, 0.25) is 5.02 Å². The molecule has 0 radical (unpaired) electrons. The van der Waals surface area contributed by atoms with Gasteiger partial charge in [-0.05, 0) is 18.2 Å². The number of anilines is 1. The fraction of sp³-hybridized carbons (Fsp3) is 0.125. The number of carbonyl (C=O) groups excluding carboxylic acids is 3. The number of fused-ring (bicyclic) bond motifs is 1. The third-order valence-electron chi connectivity index (χ3n) is 3.61. The van der Waals surface area contributed by atoms with Gasteiger partial charge in [0.25, 0.3) is 11.8 Å². The minimum absolute atomic E-state index is 0.177. The highest BCUT2D eigenvalue weighted by Gasteiger charge is 2.36. The molecule has 1 aromatic heterocycles. The molecule has 1 N–H and O–H groups in total. The fourth-order valence-corrected chi connectivity index (χ4v) is 2.60. The Bertz CT molecular complexity index is 895. The van der Waals surface area contributed by atoms with E-state index in [0.29, 0.717) is 12.3 Å². The molecule has 2 aromatic rings. The van der Waals surface area contributed by atoms with Crippen LogP contribution in [0.4, 0.5) is 19.0 Å². The summed E-state index contributed by atoms with van der Waals surface area (Å²) in [5.41, 5.74) is -0.715. The number of pyridine rings is 1. The molecule has 1 aliphatic rings. The van der Waals surface area contributed by atoms with E-state index in [2.05, 4.69) is 10.3 Å². The van der Waals surface area contributed by atoms with Crippen LogP contribution in [-0.4, -0.2) is 34.2 Å². The normalized spacial score (nSPS) is 13.8. The Morgan fingerprint density at radius 2 is 1.73 bits per heavy atom. The number of rotatable bonds is 3. The van der Waals surface area contributed by atoms with Crippen molar-refractivity contribution >= 4 is 35.1 Å². The third kappa shape index (κ3) is 3.25. The minimum Gasteiger partial charge on any atom is -0.308 e. The van der Waals surface area contributed by atoms with Gasteiger partial charge in [-0.15, -0.1) is 0 Å². The van der Waals surface area contributed by atoms with Crippen LogP contribution in [0.1, 0.15) is 26.3 Å². The molecule has 10 heteroatoms. The molecule has 1 aliphatic heterocycles. The molecule has 134 valence electrons. The van der Waals surface area contributed by atoms with Crippen molar-refractivity contribution in [2.45, 2.75) is 6.18 Å². The van der Waals surface area contributed by atoms with E-state index in [1.54, 1.807) is 12.1 Å². The largest absolute Gasteiger partial charge is 0.417 e. The molecule has 6 nitrogen and oxygen atoms in total. The summed E-state index contributed by atoms with van der Waals surface area (Å²) in [4.78, 5) is 40.6. The molecule has 3 amide bonds. The van der Waals surface area contributed by atoms with Crippen LogP contribution < -0.4 is 5.32 Å². The van der Waals surface area contributed by atoms with Gasteiger partial charge in [-0.2, -0.15) is 13.2 Å². The van der Waals surface area contributed by atoms with Crippen LogP contribution >= 0.6 is 11.6 Å². The number of nitrogens with zero attached hydrogens (tertiary/aromatic N) is 2. The van der Waals surface area contributed by atoms with Gasteiger partial charge in [-0.25, -0.2) is 4.98 Å². The summed E-state index contributed by atoms with van der Waals surface area (Å²) in [7, 11) is 0. The van der Waals surface area contributed by atoms with Crippen molar-refractivity contribution in [3.8, 4) is 0 Å². The molecule has 3 rings (SSSR count). The average molecular weight is 384 g/mol. The van der Waals surface area contributed by atoms with Gasteiger partial charge in [0.15, 0.2) is 5.82 Å². The summed E-state index contributed by atoms with van der Waals surface area (Å²) in [6.45, 7) is -0.620. The monoisotopic (exact) mass is 383 g/mol. The first-order valence-electron chi connectivity index (χ1n) is 7.16. The number of halogens is 4. The smallest absolute Gasteiger partial charge is 0.308 e. The van der Waals surface area contributed by atoms with E-state index in [1.807, 2.05) is 0 Å². The highest BCUT2D eigenvalue weighted by atomic mass is 35.5. The molecular weight excluding hydrogens is 375 g/mol. The Balaban J connectivity index is 1.73. The minimum atomic E-state index is -4.63. The number of carbonyl (C=O) groups is 3. The lowest BCUT2D eigenvalue weighted by Gasteiger charge is -2.14. The quantitative estimate of drug-likeness (QED) is 0.826. The second-order valence-corrected chi connectivity index (χ2v) is 5.75. The predicted octanol–water partition coefficient (Wildman–Crippen LogP) is 2.99. The molecule has 0 fully saturated rings. The molecular formula is C16H9ClF3N3O3. The number of aromatic nitrogens is 1. The SMILES string of the molecule is O=C(CN1C(=O)c2ccccc2C1=O)Nc1ncc(C(F)(F)F)cc1Cl. The van der Waals surface area contributed by atoms with Gasteiger partial charge in [0, 0.05) is 6.20 Å². The second-order valence-electron chi connectivity index (χ2n) is 5.34. The van der Waals surface area contributed by atoms with E-state index in [1.165, 1.54) is 12.1 Å². The molecule has 0 bridgehead atoms. The molecule has 0 unspecified atom stereocenters. The van der Waals surface area contributed by atoms with Crippen LogP contribution in [0.5, 0.6) is 0 Å². The maximum Gasteiger partial charge on any atom is 0.417 e. The van der Waals surface area contributed by atoms with E-state index in [-0.39, 0.29) is 16.9 Å². The van der Waals surface area contributed by atoms with Crippen molar-refractivity contribution < 1.29 is 27.6 Å². The maximum absolute atomic E-state index is 12.6. The first-order chi connectivity index (χ1) is 12.2. The topological polar surface area (TPSA) is 79.4 Å². The van der Waals surface area contributed by atoms with Crippen molar-refractivity contribution in [3.63, 3.8) is 0 Å². The Kier molecular flexibility index (Phi) is 4.41. The van der Waals surface area contributed by atoms with E-state index < -0.39 is 41.0 Å². The van der Waals surface area contributed by atoms with Crippen LogP contribution in [-0.2, 0) is 11.0 Å². The highest BCUT2D eigenvalue weighted by molar-refractivity contribution is 6.33. The average Bonchev–Trinajstić information content (AvgIpc) is 2.81. The zero-order valence-electron chi connectivity index (χ0n) is 12.8. The maximum atomic E-state index is 12.6. The van der Waals surface area contributed by atoms with Crippen LogP contribution in [0.15, 0.2) is 36.5 Å². The van der Waals surface area contributed by atoms with E-state index in [4.69, 9.17) is 11.6 Å². The van der Waals surface area contributed by atoms with Gasteiger partial charge in [0.05, 0.1) is 21.7 Å². The van der Waals surface area contributed by atoms with E-state index >= 15 is 0 Å². The molecule has 2 heterocycles. The lowest BCUT2D eigenvalue weighted by Crippen LogP contribution is -2.37. The Hall–Kier alpha value is -2.94. The number of alkyl halides is 3. The molecule has 0 aliphatic carbocycles. The Morgan fingerprint density at radius 1 is 1.15 bits per heavy atom. The Labute approximate surface area is 149 Å². The first kappa shape index (κ1) is 17.9. The van der Waals surface area contributed by atoms with Crippen LogP contribution in [0.25, 0.3) is 0 Å². The third-order valence-corrected chi connectivity index (χ3v) is 3.89. The van der Waals surface area contributed by atoms with Gasteiger partial charge >= 0.3 is 6.18 Å². The Morgan fingerprint density at radius 3 is 2.23 bits per heavy atom. The zero-order chi connectivity index (χ0) is 19.1. The lowest BCUT2D eigenvalue weighted by atomic mass is 10.1. The number of benzene rings is 1.